The Bertz CT molecular complexity index is 2840. The Morgan fingerprint density at radius 1 is 0.312 bits per heavy atom. The van der Waals surface area contributed by atoms with Crippen LogP contribution in [0.5, 0.6) is 0 Å². The van der Waals surface area contributed by atoms with Crippen LogP contribution in [0.3, 0.4) is 0 Å². The summed E-state index contributed by atoms with van der Waals surface area (Å²) in [5, 5.41) is 6.18. The van der Waals surface area contributed by atoms with E-state index in [-0.39, 0.29) is 0 Å². The summed E-state index contributed by atoms with van der Waals surface area (Å²) in [6, 6.07) is 51.5. The molecule has 0 radical (unpaired) electrons. The zero-order valence-corrected chi connectivity index (χ0v) is 25.6. The standard InChI is InChI=1S/C43H25N3O2/c1-3-12-26(13-4-1)29-19-11-20-33-35-25-36(30-16-7-8-18-32(30)40(35)48-39(29)33)43-45-41(27-14-5-2-6-15-27)44-42(46-43)28-22-23-38-34(24-28)31-17-9-10-21-37(31)47-38/h1-25H. The van der Waals surface area contributed by atoms with Crippen molar-refractivity contribution in [3.8, 4) is 45.3 Å². The van der Waals surface area contributed by atoms with E-state index in [9.17, 15) is 0 Å². The van der Waals surface area contributed by atoms with Crippen molar-refractivity contribution in [2.45, 2.75) is 0 Å². The highest BCUT2D eigenvalue weighted by atomic mass is 16.3. The predicted octanol–water partition coefficient (Wildman–Crippen LogP) is 11.5. The lowest BCUT2D eigenvalue weighted by Crippen LogP contribution is -2.00. The normalized spacial score (nSPS) is 11.8. The zero-order chi connectivity index (χ0) is 31.6. The van der Waals surface area contributed by atoms with Crippen LogP contribution >= 0.6 is 0 Å². The van der Waals surface area contributed by atoms with E-state index in [2.05, 4.69) is 78.9 Å². The first kappa shape index (κ1) is 26.6. The van der Waals surface area contributed by atoms with Gasteiger partial charge in [0.1, 0.15) is 22.3 Å². The molecular formula is C43H25N3O2. The number of aromatic nitrogens is 3. The number of fused-ring (bicyclic) bond motifs is 8. The maximum absolute atomic E-state index is 6.73. The lowest BCUT2D eigenvalue weighted by molar-refractivity contribution is 0.669. The van der Waals surface area contributed by atoms with Crippen molar-refractivity contribution in [3.63, 3.8) is 0 Å². The van der Waals surface area contributed by atoms with Crippen molar-refractivity contribution < 1.29 is 8.83 Å². The van der Waals surface area contributed by atoms with E-state index in [0.717, 1.165) is 82.5 Å². The fourth-order valence-electron chi connectivity index (χ4n) is 6.86. The SMILES string of the molecule is c1ccc(-c2nc(-c3ccc4oc5ccccc5c4c3)nc(-c3cc4c5cccc(-c6ccccc6)c5oc4c4ccccc34)n2)cc1. The molecule has 5 nitrogen and oxygen atoms in total. The minimum atomic E-state index is 0.596. The van der Waals surface area contributed by atoms with E-state index >= 15 is 0 Å². The minimum absolute atomic E-state index is 0.596. The fourth-order valence-corrected chi connectivity index (χ4v) is 6.86. The molecule has 48 heavy (non-hydrogen) atoms. The number of furan rings is 2. The van der Waals surface area contributed by atoms with Crippen molar-refractivity contribution in [2.24, 2.45) is 0 Å². The molecule has 0 unspecified atom stereocenters. The van der Waals surface area contributed by atoms with Gasteiger partial charge < -0.3 is 8.83 Å². The fraction of sp³-hybridized carbons (Fsp3) is 0. The molecule has 0 aliphatic carbocycles. The minimum Gasteiger partial charge on any atom is -0.456 e. The first-order valence-corrected chi connectivity index (χ1v) is 15.9. The Hall–Kier alpha value is -6.59. The van der Waals surface area contributed by atoms with Gasteiger partial charge in [-0.2, -0.15) is 0 Å². The summed E-state index contributed by atoms with van der Waals surface area (Å²) in [6.45, 7) is 0. The molecule has 0 bridgehead atoms. The van der Waals surface area contributed by atoms with Gasteiger partial charge in [-0.3, -0.25) is 0 Å². The van der Waals surface area contributed by atoms with Gasteiger partial charge in [0.2, 0.25) is 0 Å². The van der Waals surface area contributed by atoms with Crippen molar-refractivity contribution in [1.29, 1.82) is 0 Å². The predicted molar refractivity (Wildman–Crippen MR) is 194 cm³/mol. The third kappa shape index (κ3) is 4.15. The number of rotatable bonds is 4. The molecule has 0 saturated carbocycles. The number of hydrogen-bond donors (Lipinski definition) is 0. The Kier molecular flexibility index (Phi) is 5.81. The van der Waals surface area contributed by atoms with Gasteiger partial charge in [-0.15, -0.1) is 0 Å². The van der Waals surface area contributed by atoms with Crippen molar-refractivity contribution in [2.75, 3.05) is 0 Å². The van der Waals surface area contributed by atoms with Crippen LogP contribution in [0.1, 0.15) is 0 Å². The van der Waals surface area contributed by atoms with Gasteiger partial charge in [0.25, 0.3) is 0 Å². The molecule has 0 saturated heterocycles. The summed E-state index contributed by atoms with van der Waals surface area (Å²) in [6.07, 6.45) is 0. The van der Waals surface area contributed by atoms with E-state index in [0.29, 0.717) is 17.5 Å². The molecule has 0 fully saturated rings. The molecule has 10 rings (SSSR count). The molecule has 0 amide bonds. The molecule has 224 valence electrons. The lowest BCUT2D eigenvalue weighted by Gasteiger charge is -2.11. The van der Waals surface area contributed by atoms with Crippen LogP contribution in [0.2, 0.25) is 0 Å². The van der Waals surface area contributed by atoms with Crippen LogP contribution in [0.4, 0.5) is 0 Å². The summed E-state index contributed by atoms with van der Waals surface area (Å²) >= 11 is 0. The van der Waals surface area contributed by atoms with Crippen molar-refractivity contribution in [3.05, 3.63) is 152 Å². The van der Waals surface area contributed by atoms with Crippen molar-refractivity contribution in [1.82, 2.24) is 15.0 Å². The molecule has 0 aliphatic rings. The zero-order valence-electron chi connectivity index (χ0n) is 25.6. The number of benzene rings is 7. The van der Waals surface area contributed by atoms with E-state index < -0.39 is 0 Å². The largest absolute Gasteiger partial charge is 0.456 e. The first-order chi connectivity index (χ1) is 23.8. The third-order valence-corrected chi connectivity index (χ3v) is 9.13. The van der Waals surface area contributed by atoms with Crippen LogP contribution < -0.4 is 0 Å². The Balaban J connectivity index is 1.25. The summed E-state index contributed by atoms with van der Waals surface area (Å²) in [5.41, 5.74) is 8.30. The molecule has 0 aliphatic heterocycles. The third-order valence-electron chi connectivity index (χ3n) is 9.13. The Morgan fingerprint density at radius 2 is 0.917 bits per heavy atom. The maximum atomic E-state index is 6.73. The number of nitrogens with zero attached hydrogens (tertiary/aromatic N) is 3. The second-order valence-corrected chi connectivity index (χ2v) is 12.0. The van der Waals surface area contributed by atoms with Gasteiger partial charge in [0, 0.05) is 49.2 Å². The van der Waals surface area contributed by atoms with Gasteiger partial charge in [-0.1, -0.05) is 121 Å². The Labute approximate surface area is 274 Å². The molecule has 7 aromatic carbocycles. The highest BCUT2D eigenvalue weighted by molar-refractivity contribution is 6.20. The average Bonchev–Trinajstić information content (AvgIpc) is 3.73. The highest BCUT2D eigenvalue weighted by Gasteiger charge is 2.20. The maximum Gasteiger partial charge on any atom is 0.164 e. The highest BCUT2D eigenvalue weighted by Crippen LogP contribution is 2.42. The quantitative estimate of drug-likeness (QED) is 0.197. The van der Waals surface area contributed by atoms with E-state index in [1.807, 2.05) is 72.8 Å². The second-order valence-electron chi connectivity index (χ2n) is 12.0. The lowest BCUT2D eigenvalue weighted by atomic mass is 9.98. The van der Waals surface area contributed by atoms with Gasteiger partial charge >= 0.3 is 0 Å². The van der Waals surface area contributed by atoms with Crippen LogP contribution in [0.25, 0.3) is 99.9 Å². The van der Waals surface area contributed by atoms with Crippen LogP contribution in [0, 0.1) is 0 Å². The summed E-state index contributed by atoms with van der Waals surface area (Å²) in [5.74, 6) is 1.81. The van der Waals surface area contributed by atoms with Crippen molar-refractivity contribution >= 4 is 54.6 Å². The summed E-state index contributed by atoms with van der Waals surface area (Å²) in [7, 11) is 0. The monoisotopic (exact) mass is 615 g/mol. The number of hydrogen-bond acceptors (Lipinski definition) is 5. The van der Waals surface area contributed by atoms with Gasteiger partial charge in [-0.05, 0) is 41.3 Å². The van der Waals surface area contributed by atoms with Gasteiger partial charge in [0.05, 0.1) is 0 Å². The average molecular weight is 616 g/mol. The summed E-state index contributed by atoms with van der Waals surface area (Å²) in [4.78, 5) is 15.3. The van der Waals surface area contributed by atoms with Crippen LogP contribution in [-0.4, -0.2) is 15.0 Å². The second kappa shape index (κ2) is 10.5. The summed E-state index contributed by atoms with van der Waals surface area (Å²) < 4.78 is 12.9. The van der Waals surface area contributed by atoms with E-state index in [4.69, 9.17) is 23.8 Å². The Morgan fingerprint density at radius 3 is 1.73 bits per heavy atom. The number of para-hydroxylation sites is 2. The van der Waals surface area contributed by atoms with E-state index in [1.165, 1.54) is 0 Å². The first-order valence-electron chi connectivity index (χ1n) is 15.9. The molecule has 0 spiro atoms. The van der Waals surface area contributed by atoms with E-state index in [1.54, 1.807) is 0 Å². The topological polar surface area (TPSA) is 65.0 Å². The van der Waals surface area contributed by atoms with Gasteiger partial charge in [0.15, 0.2) is 17.5 Å². The van der Waals surface area contributed by atoms with Crippen LogP contribution in [-0.2, 0) is 0 Å². The molecule has 5 heteroatoms. The molecule has 0 N–H and O–H groups in total. The smallest absolute Gasteiger partial charge is 0.164 e. The van der Waals surface area contributed by atoms with Crippen LogP contribution in [0.15, 0.2) is 160 Å². The molecule has 10 aromatic rings. The molecule has 0 atom stereocenters. The van der Waals surface area contributed by atoms with Gasteiger partial charge in [-0.25, -0.2) is 15.0 Å². The molecular weight excluding hydrogens is 590 g/mol. The molecule has 3 aromatic heterocycles. The molecule has 3 heterocycles.